The number of hydrogen-bond acceptors (Lipinski definition) is 6. The summed E-state index contributed by atoms with van der Waals surface area (Å²) in [6.07, 6.45) is 0. The number of carbonyl (C=O) groups excluding carboxylic acids is 1. The topological polar surface area (TPSA) is 73.6 Å². The van der Waals surface area contributed by atoms with E-state index in [0.29, 0.717) is 17.3 Å². The molecule has 5 rings (SSSR count). The first-order valence-corrected chi connectivity index (χ1v) is 9.65. The second-order valence-corrected chi connectivity index (χ2v) is 7.49. The zero-order valence-corrected chi connectivity index (χ0v) is 15.8. The third kappa shape index (κ3) is 2.99. The van der Waals surface area contributed by atoms with Crippen molar-refractivity contribution in [1.29, 1.82) is 0 Å². The molecular weight excluding hydrogens is 376 g/mol. The average molecular weight is 392 g/mol. The number of amides is 1. The molecule has 0 spiro atoms. The Balaban J connectivity index is 1.33. The lowest BCUT2D eigenvalue weighted by Crippen LogP contribution is -2.26. The fourth-order valence-corrected chi connectivity index (χ4v) is 4.01. The molecule has 0 bridgehead atoms. The van der Waals surface area contributed by atoms with Gasteiger partial charge in [0.25, 0.3) is 5.91 Å². The summed E-state index contributed by atoms with van der Waals surface area (Å²) in [5.74, 6) is 1.96. The van der Waals surface area contributed by atoms with E-state index in [1.807, 2.05) is 49.4 Å². The van der Waals surface area contributed by atoms with E-state index in [0.717, 1.165) is 20.8 Å². The van der Waals surface area contributed by atoms with Crippen molar-refractivity contribution in [3.05, 3.63) is 65.9 Å². The monoisotopic (exact) mass is 392 g/mol. The van der Waals surface area contributed by atoms with Crippen LogP contribution in [0.1, 0.15) is 29.1 Å². The van der Waals surface area contributed by atoms with Crippen LogP contribution in [0.15, 0.2) is 59.0 Å². The van der Waals surface area contributed by atoms with Gasteiger partial charge in [-0.1, -0.05) is 18.2 Å². The van der Waals surface area contributed by atoms with Crippen LogP contribution in [0.3, 0.4) is 0 Å². The van der Waals surface area contributed by atoms with Crippen LogP contribution in [-0.4, -0.2) is 17.7 Å². The van der Waals surface area contributed by atoms with Crippen LogP contribution in [0.4, 0.5) is 0 Å². The second kappa shape index (κ2) is 6.69. The third-order valence-corrected chi connectivity index (χ3v) is 5.63. The maximum absolute atomic E-state index is 12.6. The van der Waals surface area contributed by atoms with Gasteiger partial charge in [0.2, 0.25) is 6.79 Å². The summed E-state index contributed by atoms with van der Waals surface area (Å²) in [5, 5.41) is 3.70. The molecular formula is C21H16N2O4S. The normalized spacial score (nSPS) is 13.6. The summed E-state index contributed by atoms with van der Waals surface area (Å²) >= 11 is 1.54. The average Bonchev–Trinajstić information content (AvgIpc) is 3.45. The van der Waals surface area contributed by atoms with Crippen LogP contribution in [0.2, 0.25) is 0 Å². The van der Waals surface area contributed by atoms with E-state index < -0.39 is 0 Å². The number of para-hydroxylation sites is 1. The molecule has 7 heteroatoms. The van der Waals surface area contributed by atoms with Crippen molar-refractivity contribution in [3.8, 4) is 22.3 Å². The molecule has 0 fully saturated rings. The molecule has 0 aliphatic carbocycles. The smallest absolute Gasteiger partial charge is 0.287 e. The van der Waals surface area contributed by atoms with Gasteiger partial charge in [-0.3, -0.25) is 4.79 Å². The number of furan rings is 1. The molecule has 1 N–H and O–H groups in total. The van der Waals surface area contributed by atoms with E-state index in [1.54, 1.807) is 12.1 Å². The van der Waals surface area contributed by atoms with Gasteiger partial charge in [0.1, 0.15) is 0 Å². The van der Waals surface area contributed by atoms with Gasteiger partial charge in [-0.05, 0) is 48.9 Å². The molecule has 4 aromatic rings. The Kier molecular flexibility index (Phi) is 4.02. The van der Waals surface area contributed by atoms with Gasteiger partial charge in [-0.15, -0.1) is 11.3 Å². The van der Waals surface area contributed by atoms with E-state index in [-0.39, 0.29) is 24.5 Å². The molecule has 3 heterocycles. The summed E-state index contributed by atoms with van der Waals surface area (Å²) in [7, 11) is 0. The van der Waals surface area contributed by atoms with Crippen LogP contribution in [0, 0.1) is 0 Å². The largest absolute Gasteiger partial charge is 0.454 e. The maximum Gasteiger partial charge on any atom is 0.287 e. The molecule has 0 saturated carbocycles. The molecule has 6 nitrogen and oxygen atoms in total. The molecule has 1 aliphatic heterocycles. The van der Waals surface area contributed by atoms with Gasteiger partial charge >= 0.3 is 0 Å². The van der Waals surface area contributed by atoms with Crippen molar-refractivity contribution >= 4 is 27.5 Å². The van der Waals surface area contributed by atoms with E-state index >= 15 is 0 Å². The highest BCUT2D eigenvalue weighted by Gasteiger charge is 2.19. The zero-order chi connectivity index (χ0) is 19.1. The van der Waals surface area contributed by atoms with Crippen molar-refractivity contribution in [2.45, 2.75) is 13.0 Å². The van der Waals surface area contributed by atoms with Crippen LogP contribution in [-0.2, 0) is 0 Å². The van der Waals surface area contributed by atoms with Gasteiger partial charge < -0.3 is 19.2 Å². The van der Waals surface area contributed by atoms with Crippen molar-refractivity contribution in [2.24, 2.45) is 0 Å². The van der Waals surface area contributed by atoms with Crippen LogP contribution < -0.4 is 14.8 Å². The molecule has 0 saturated heterocycles. The SMILES string of the molecule is CC(NC(=O)c1ccc(-c2nc3ccccc3s2)o1)c1ccc2c(c1)OCO2. The first kappa shape index (κ1) is 16.8. The highest BCUT2D eigenvalue weighted by Crippen LogP contribution is 2.34. The quantitative estimate of drug-likeness (QED) is 0.541. The van der Waals surface area contributed by atoms with Crippen LogP contribution in [0.25, 0.3) is 21.0 Å². The van der Waals surface area contributed by atoms with Crippen molar-refractivity contribution in [1.82, 2.24) is 10.3 Å². The number of fused-ring (bicyclic) bond motifs is 2. The minimum atomic E-state index is -0.280. The predicted molar refractivity (Wildman–Crippen MR) is 106 cm³/mol. The minimum absolute atomic E-state index is 0.210. The fraction of sp³-hybridized carbons (Fsp3) is 0.143. The van der Waals surface area contributed by atoms with Crippen molar-refractivity contribution in [3.63, 3.8) is 0 Å². The first-order valence-electron chi connectivity index (χ1n) is 8.83. The van der Waals surface area contributed by atoms with Crippen LogP contribution >= 0.6 is 11.3 Å². The summed E-state index contributed by atoms with van der Waals surface area (Å²) in [5.41, 5.74) is 1.84. The number of thiazole rings is 1. The number of carbonyl (C=O) groups is 1. The lowest BCUT2D eigenvalue weighted by Gasteiger charge is -2.13. The van der Waals surface area contributed by atoms with Crippen molar-refractivity contribution < 1.29 is 18.7 Å². The van der Waals surface area contributed by atoms with E-state index in [1.165, 1.54) is 11.3 Å². The zero-order valence-electron chi connectivity index (χ0n) is 15.0. The second-order valence-electron chi connectivity index (χ2n) is 6.46. The number of ether oxygens (including phenoxy) is 2. The molecule has 1 amide bonds. The summed E-state index contributed by atoms with van der Waals surface area (Å²) in [6.45, 7) is 2.13. The number of benzene rings is 2. The van der Waals surface area contributed by atoms with Gasteiger partial charge in [0, 0.05) is 0 Å². The lowest BCUT2D eigenvalue weighted by molar-refractivity contribution is 0.0912. The Morgan fingerprint density at radius 2 is 1.96 bits per heavy atom. The Morgan fingerprint density at radius 3 is 2.86 bits per heavy atom. The number of nitrogens with one attached hydrogen (secondary N) is 1. The first-order chi connectivity index (χ1) is 13.7. The molecule has 1 aliphatic rings. The highest BCUT2D eigenvalue weighted by atomic mass is 32.1. The Labute approximate surface area is 164 Å². The van der Waals surface area contributed by atoms with E-state index in [9.17, 15) is 4.79 Å². The molecule has 0 radical (unpaired) electrons. The molecule has 1 atom stereocenters. The Morgan fingerprint density at radius 1 is 1.11 bits per heavy atom. The standard InChI is InChI=1S/C21H16N2O4S/c1-12(13-6-7-15-18(10-13)26-11-25-15)22-20(24)16-8-9-17(27-16)21-23-14-4-2-3-5-19(14)28-21/h2-10,12H,11H2,1H3,(H,22,24). The number of hydrogen-bond donors (Lipinski definition) is 1. The summed E-state index contributed by atoms with van der Waals surface area (Å²) < 4.78 is 17.6. The number of nitrogens with zero attached hydrogens (tertiary/aromatic N) is 1. The van der Waals surface area contributed by atoms with E-state index in [2.05, 4.69) is 10.3 Å². The number of rotatable bonds is 4. The molecule has 2 aromatic heterocycles. The Hall–Kier alpha value is -3.32. The van der Waals surface area contributed by atoms with Crippen LogP contribution in [0.5, 0.6) is 11.5 Å². The summed E-state index contributed by atoms with van der Waals surface area (Å²) in [6, 6.07) is 16.8. The molecule has 140 valence electrons. The third-order valence-electron chi connectivity index (χ3n) is 4.58. The summed E-state index contributed by atoms with van der Waals surface area (Å²) in [4.78, 5) is 17.2. The molecule has 1 unspecified atom stereocenters. The predicted octanol–water partition coefficient (Wildman–Crippen LogP) is 4.78. The van der Waals surface area contributed by atoms with Gasteiger partial charge in [-0.25, -0.2) is 4.98 Å². The Bertz CT molecular complexity index is 1150. The van der Waals surface area contributed by atoms with Crippen molar-refractivity contribution in [2.75, 3.05) is 6.79 Å². The maximum atomic E-state index is 12.6. The number of aromatic nitrogens is 1. The van der Waals surface area contributed by atoms with Gasteiger partial charge in [-0.2, -0.15) is 0 Å². The van der Waals surface area contributed by atoms with Gasteiger partial charge in [0.05, 0.1) is 16.3 Å². The minimum Gasteiger partial charge on any atom is -0.454 e. The lowest BCUT2D eigenvalue weighted by atomic mass is 10.1. The van der Waals surface area contributed by atoms with E-state index in [4.69, 9.17) is 13.9 Å². The highest BCUT2D eigenvalue weighted by molar-refractivity contribution is 7.21. The fourth-order valence-electron chi connectivity index (χ4n) is 3.09. The molecule has 2 aromatic carbocycles. The molecule has 28 heavy (non-hydrogen) atoms. The van der Waals surface area contributed by atoms with Gasteiger partial charge in [0.15, 0.2) is 28.0 Å².